The first kappa shape index (κ1) is 12.6. The summed E-state index contributed by atoms with van der Waals surface area (Å²) in [6.45, 7) is 2.26. The minimum atomic E-state index is -0.821. The Bertz CT molecular complexity index is 402. The van der Waals surface area contributed by atoms with E-state index >= 15 is 0 Å². The van der Waals surface area contributed by atoms with Crippen molar-refractivity contribution in [1.82, 2.24) is 10.6 Å². The fourth-order valence-electron chi connectivity index (χ4n) is 3.33. The smallest absolute Gasteiger partial charge is 0.294 e. The van der Waals surface area contributed by atoms with E-state index in [9.17, 15) is 9.59 Å². The first-order valence-electron chi connectivity index (χ1n) is 6.27. The number of hydrogen-bond acceptors (Lipinski definition) is 7. The minimum Gasteiger partial charge on any atom is -0.465 e. The largest absolute Gasteiger partial charge is 0.465 e. The van der Waals surface area contributed by atoms with Gasteiger partial charge in [0, 0.05) is 25.0 Å². The van der Waals surface area contributed by atoms with Crippen molar-refractivity contribution >= 4 is 12.9 Å². The SMILES string of the molecule is O=COCC12O[C@H]3C=CCN[C@H]3C1CNC2OC=O. The zero-order valence-electron chi connectivity index (χ0n) is 10.3. The molecular formula is C12H16N2O5. The van der Waals surface area contributed by atoms with Gasteiger partial charge in [-0.05, 0) is 0 Å². The molecule has 0 aromatic rings. The lowest BCUT2D eigenvalue weighted by atomic mass is 9.85. The van der Waals surface area contributed by atoms with Crippen molar-refractivity contribution in [3.63, 3.8) is 0 Å². The van der Waals surface area contributed by atoms with Crippen LogP contribution in [0.2, 0.25) is 0 Å². The molecule has 0 saturated carbocycles. The van der Waals surface area contributed by atoms with Crippen molar-refractivity contribution in [3.8, 4) is 0 Å². The molecule has 3 aliphatic rings. The highest BCUT2D eigenvalue weighted by molar-refractivity contribution is 5.39. The molecule has 3 heterocycles. The van der Waals surface area contributed by atoms with E-state index in [1.54, 1.807) is 0 Å². The van der Waals surface area contributed by atoms with Gasteiger partial charge < -0.3 is 19.5 Å². The maximum Gasteiger partial charge on any atom is 0.294 e. The van der Waals surface area contributed by atoms with E-state index < -0.39 is 11.8 Å². The molecule has 19 heavy (non-hydrogen) atoms. The Hall–Kier alpha value is -1.44. The topological polar surface area (TPSA) is 85.9 Å². The molecule has 2 saturated heterocycles. The van der Waals surface area contributed by atoms with Gasteiger partial charge >= 0.3 is 0 Å². The molecule has 0 aromatic heterocycles. The summed E-state index contributed by atoms with van der Waals surface area (Å²) in [5.74, 6) is 0.0762. The van der Waals surface area contributed by atoms with Crippen molar-refractivity contribution in [3.05, 3.63) is 12.2 Å². The molecule has 7 heteroatoms. The molecule has 0 bridgehead atoms. The first-order valence-corrected chi connectivity index (χ1v) is 6.27. The van der Waals surface area contributed by atoms with Crippen LogP contribution in [-0.2, 0) is 23.8 Å². The van der Waals surface area contributed by atoms with Crippen LogP contribution in [-0.4, -0.2) is 56.6 Å². The molecule has 3 rings (SSSR count). The standard InChI is InChI=1S/C12H16N2O5/c15-6-17-5-12-8(4-14-11(12)18-7-16)10-9(19-12)2-1-3-13-10/h1-2,6-11,13-14H,3-5H2/t8?,9-,10-,11?,12?/m0/s1. The molecule has 3 aliphatic heterocycles. The average Bonchev–Trinajstić information content (AvgIpc) is 2.92. The second-order valence-corrected chi connectivity index (χ2v) is 4.93. The van der Waals surface area contributed by atoms with Crippen LogP contribution in [0, 0.1) is 5.92 Å². The molecule has 0 spiro atoms. The number of carbonyl (C=O) groups is 2. The minimum absolute atomic E-state index is 0.0647. The van der Waals surface area contributed by atoms with Crippen molar-refractivity contribution in [1.29, 1.82) is 0 Å². The molecule has 2 fully saturated rings. The highest BCUT2D eigenvalue weighted by Crippen LogP contribution is 2.44. The zero-order chi connectivity index (χ0) is 13.3. The summed E-state index contributed by atoms with van der Waals surface area (Å²) in [6, 6.07) is 0.132. The lowest BCUT2D eigenvalue weighted by Crippen LogP contribution is -2.52. The summed E-state index contributed by atoms with van der Waals surface area (Å²) in [5, 5.41) is 6.48. The molecular weight excluding hydrogens is 252 g/mol. The van der Waals surface area contributed by atoms with E-state index in [-0.39, 0.29) is 24.7 Å². The van der Waals surface area contributed by atoms with Crippen LogP contribution in [0.4, 0.5) is 0 Å². The highest BCUT2D eigenvalue weighted by Gasteiger charge is 2.63. The van der Waals surface area contributed by atoms with Gasteiger partial charge in [-0.15, -0.1) is 0 Å². The fraction of sp³-hybridized carbons (Fsp3) is 0.667. The maximum atomic E-state index is 10.6. The number of nitrogens with one attached hydrogen (secondary N) is 2. The fourth-order valence-corrected chi connectivity index (χ4v) is 3.33. The Morgan fingerprint density at radius 3 is 3.05 bits per heavy atom. The molecule has 0 aromatic carbocycles. The molecule has 2 N–H and O–H groups in total. The molecule has 7 nitrogen and oxygen atoms in total. The van der Waals surface area contributed by atoms with Crippen LogP contribution in [0.25, 0.3) is 0 Å². The lowest BCUT2D eigenvalue weighted by molar-refractivity contribution is -0.172. The second kappa shape index (κ2) is 4.92. The van der Waals surface area contributed by atoms with E-state index in [4.69, 9.17) is 14.2 Å². The zero-order valence-corrected chi connectivity index (χ0v) is 10.3. The van der Waals surface area contributed by atoms with Gasteiger partial charge in [-0.1, -0.05) is 12.2 Å². The maximum absolute atomic E-state index is 10.6. The number of carbonyl (C=O) groups excluding carboxylic acids is 2. The number of ether oxygens (including phenoxy) is 3. The molecule has 0 aliphatic carbocycles. The van der Waals surface area contributed by atoms with Crippen LogP contribution in [0.3, 0.4) is 0 Å². The summed E-state index contributed by atoms with van der Waals surface area (Å²) >= 11 is 0. The van der Waals surface area contributed by atoms with Crippen molar-refractivity contribution in [2.24, 2.45) is 5.92 Å². The number of hydrogen-bond donors (Lipinski definition) is 2. The van der Waals surface area contributed by atoms with E-state index in [1.807, 2.05) is 12.2 Å². The third-order valence-electron chi connectivity index (χ3n) is 4.10. The van der Waals surface area contributed by atoms with Crippen LogP contribution in [0.5, 0.6) is 0 Å². The highest BCUT2D eigenvalue weighted by atomic mass is 16.6. The van der Waals surface area contributed by atoms with Gasteiger partial charge in [0.25, 0.3) is 12.9 Å². The van der Waals surface area contributed by atoms with Gasteiger partial charge in [-0.25, -0.2) is 0 Å². The predicted molar refractivity (Wildman–Crippen MR) is 63.0 cm³/mol. The summed E-state index contributed by atoms with van der Waals surface area (Å²) in [6.07, 6.45) is 3.31. The third-order valence-corrected chi connectivity index (χ3v) is 4.10. The van der Waals surface area contributed by atoms with Gasteiger partial charge in [-0.3, -0.25) is 14.9 Å². The third kappa shape index (κ3) is 1.85. The van der Waals surface area contributed by atoms with Crippen molar-refractivity contribution in [2.75, 3.05) is 19.7 Å². The van der Waals surface area contributed by atoms with Gasteiger partial charge in [0.1, 0.15) is 6.61 Å². The Morgan fingerprint density at radius 1 is 1.37 bits per heavy atom. The Balaban J connectivity index is 1.88. The number of rotatable bonds is 5. The van der Waals surface area contributed by atoms with Crippen LogP contribution in [0.1, 0.15) is 0 Å². The van der Waals surface area contributed by atoms with Crippen molar-refractivity contribution in [2.45, 2.75) is 24.0 Å². The van der Waals surface area contributed by atoms with E-state index in [2.05, 4.69) is 10.6 Å². The lowest BCUT2D eigenvalue weighted by Gasteiger charge is -2.31. The van der Waals surface area contributed by atoms with Crippen LogP contribution < -0.4 is 10.6 Å². The second-order valence-electron chi connectivity index (χ2n) is 4.93. The van der Waals surface area contributed by atoms with Crippen molar-refractivity contribution < 1.29 is 23.8 Å². The monoisotopic (exact) mass is 268 g/mol. The Morgan fingerprint density at radius 2 is 2.26 bits per heavy atom. The van der Waals surface area contributed by atoms with E-state index in [1.165, 1.54) is 0 Å². The normalized spacial score (nSPS) is 43.4. The van der Waals surface area contributed by atoms with Gasteiger partial charge in [0.05, 0.1) is 6.10 Å². The van der Waals surface area contributed by atoms with E-state index in [0.29, 0.717) is 19.5 Å². The van der Waals surface area contributed by atoms with Gasteiger partial charge in [0.15, 0.2) is 11.8 Å². The molecule has 0 amide bonds. The Labute approximate surface area is 110 Å². The quantitative estimate of drug-likeness (QED) is 0.465. The molecule has 3 unspecified atom stereocenters. The van der Waals surface area contributed by atoms with Crippen LogP contribution in [0.15, 0.2) is 12.2 Å². The first-order chi connectivity index (χ1) is 9.31. The van der Waals surface area contributed by atoms with Crippen LogP contribution >= 0.6 is 0 Å². The number of fused-ring (bicyclic) bond motifs is 3. The summed E-state index contributed by atoms with van der Waals surface area (Å²) < 4.78 is 16.0. The average molecular weight is 268 g/mol. The molecule has 104 valence electrons. The molecule has 5 atom stereocenters. The summed E-state index contributed by atoms with van der Waals surface area (Å²) in [4.78, 5) is 21.1. The van der Waals surface area contributed by atoms with E-state index in [0.717, 1.165) is 6.54 Å². The molecule has 0 radical (unpaired) electrons. The predicted octanol–water partition coefficient (Wildman–Crippen LogP) is -1.46. The summed E-state index contributed by atoms with van der Waals surface area (Å²) in [7, 11) is 0. The van der Waals surface area contributed by atoms with Gasteiger partial charge in [0.2, 0.25) is 0 Å². The summed E-state index contributed by atoms with van der Waals surface area (Å²) in [5.41, 5.74) is -0.821. The Kier molecular flexibility index (Phi) is 3.26. The van der Waals surface area contributed by atoms with Gasteiger partial charge in [-0.2, -0.15) is 0 Å².